The van der Waals surface area contributed by atoms with Crippen LogP contribution >= 0.6 is 0 Å². The minimum absolute atomic E-state index is 0.346. The van der Waals surface area contributed by atoms with Gasteiger partial charge in [0.2, 0.25) is 6.29 Å². The minimum atomic E-state index is -1.03. The van der Waals surface area contributed by atoms with Gasteiger partial charge < -0.3 is 9.84 Å². The Bertz CT molecular complexity index is 267. The molecule has 2 atom stereocenters. The largest absolute Gasteiger partial charge is 0.432 e. The van der Waals surface area contributed by atoms with Crippen molar-refractivity contribution in [2.24, 2.45) is 5.41 Å². The van der Waals surface area contributed by atoms with E-state index in [2.05, 4.69) is 6.92 Å². The number of aliphatic hydroxyl groups is 1. The molecule has 0 aliphatic heterocycles. The first-order valence-electron chi connectivity index (χ1n) is 6.39. The normalized spacial score (nSPS) is 15.9. The van der Waals surface area contributed by atoms with Crippen molar-refractivity contribution in [2.45, 2.75) is 66.6 Å². The third-order valence-corrected chi connectivity index (χ3v) is 3.14. The van der Waals surface area contributed by atoms with Gasteiger partial charge in [0.25, 0.3) is 0 Å². The second kappa shape index (κ2) is 7.49. The zero-order valence-electron chi connectivity index (χ0n) is 11.7. The van der Waals surface area contributed by atoms with Gasteiger partial charge in [-0.15, -0.1) is 0 Å². The number of rotatable bonds is 7. The van der Waals surface area contributed by atoms with Gasteiger partial charge in [-0.2, -0.15) is 0 Å². The Morgan fingerprint density at radius 2 is 2.00 bits per heavy atom. The molecule has 0 aromatic carbocycles. The second-order valence-corrected chi connectivity index (χ2v) is 5.12. The Labute approximate surface area is 105 Å². The number of ether oxygens (including phenoxy) is 1. The number of carbonyl (C=O) groups excluding carboxylic acids is 1. The predicted octanol–water partition coefficient (Wildman–Crippen LogP) is 3.42. The van der Waals surface area contributed by atoms with E-state index in [9.17, 15) is 9.90 Å². The van der Waals surface area contributed by atoms with Gasteiger partial charge in [-0.05, 0) is 26.7 Å². The molecule has 100 valence electrons. The summed E-state index contributed by atoms with van der Waals surface area (Å²) in [5.41, 5.74) is 0.523. The number of carbonyl (C=O) groups is 1. The number of allylic oxidation sites excluding steroid dienone is 1. The molecule has 0 aliphatic carbocycles. The van der Waals surface area contributed by atoms with E-state index in [0.29, 0.717) is 0 Å². The molecule has 0 saturated heterocycles. The van der Waals surface area contributed by atoms with Crippen LogP contribution in [0.3, 0.4) is 0 Å². The lowest BCUT2D eigenvalue weighted by Gasteiger charge is -2.32. The molecule has 3 nitrogen and oxygen atoms in total. The quantitative estimate of drug-likeness (QED) is 0.423. The average Bonchev–Trinajstić information content (AvgIpc) is 2.24. The van der Waals surface area contributed by atoms with Crippen LogP contribution in [-0.2, 0) is 9.53 Å². The molecule has 0 aromatic rings. The van der Waals surface area contributed by atoms with Gasteiger partial charge >= 0.3 is 5.97 Å². The fourth-order valence-electron chi connectivity index (χ4n) is 1.58. The maximum Gasteiger partial charge on any atom is 0.332 e. The first kappa shape index (κ1) is 16.2. The molecule has 0 heterocycles. The lowest BCUT2D eigenvalue weighted by Crippen LogP contribution is -2.35. The lowest BCUT2D eigenvalue weighted by molar-refractivity contribution is -0.187. The van der Waals surface area contributed by atoms with Crippen molar-refractivity contribution in [3.8, 4) is 0 Å². The molecule has 0 aromatic heterocycles. The molecule has 2 unspecified atom stereocenters. The van der Waals surface area contributed by atoms with Crippen molar-refractivity contribution in [3.05, 3.63) is 11.6 Å². The van der Waals surface area contributed by atoms with Crippen molar-refractivity contribution >= 4 is 5.97 Å². The van der Waals surface area contributed by atoms with Crippen molar-refractivity contribution in [1.82, 2.24) is 0 Å². The highest BCUT2D eigenvalue weighted by molar-refractivity contribution is 5.82. The summed E-state index contributed by atoms with van der Waals surface area (Å²) in [5.74, 6) is -0.464. The van der Waals surface area contributed by atoms with Gasteiger partial charge in [0.05, 0.1) is 0 Å². The van der Waals surface area contributed by atoms with E-state index in [1.54, 1.807) is 0 Å². The van der Waals surface area contributed by atoms with E-state index in [1.807, 2.05) is 27.7 Å². The van der Waals surface area contributed by atoms with Gasteiger partial charge in [-0.25, -0.2) is 4.79 Å². The highest BCUT2D eigenvalue weighted by Crippen LogP contribution is 2.32. The van der Waals surface area contributed by atoms with Crippen LogP contribution in [0.15, 0.2) is 11.6 Å². The highest BCUT2D eigenvalue weighted by atomic mass is 16.6. The third-order valence-electron chi connectivity index (χ3n) is 3.14. The van der Waals surface area contributed by atoms with Crippen LogP contribution in [0.25, 0.3) is 0 Å². The van der Waals surface area contributed by atoms with E-state index in [-0.39, 0.29) is 5.41 Å². The van der Waals surface area contributed by atoms with E-state index >= 15 is 0 Å². The number of esters is 1. The molecule has 17 heavy (non-hydrogen) atoms. The third kappa shape index (κ3) is 5.87. The summed E-state index contributed by atoms with van der Waals surface area (Å²) in [6, 6.07) is 0. The summed E-state index contributed by atoms with van der Waals surface area (Å²) in [4.78, 5) is 11.4. The maximum absolute atomic E-state index is 11.4. The fraction of sp³-hybridized carbons (Fsp3) is 0.786. The summed E-state index contributed by atoms with van der Waals surface area (Å²) in [6.45, 7) is 9.72. The Kier molecular flexibility index (Phi) is 7.12. The van der Waals surface area contributed by atoms with Gasteiger partial charge in [0.1, 0.15) is 0 Å². The topological polar surface area (TPSA) is 46.5 Å². The SMILES string of the molecule is CCCCC(C)(CC)C(O)OC(=O)C=C(C)C. The molecule has 0 amide bonds. The molecular weight excluding hydrogens is 216 g/mol. The summed E-state index contributed by atoms with van der Waals surface area (Å²) in [7, 11) is 0. The molecule has 0 aliphatic rings. The average molecular weight is 242 g/mol. The smallest absolute Gasteiger partial charge is 0.332 e. The van der Waals surface area contributed by atoms with Gasteiger partial charge in [0.15, 0.2) is 0 Å². The predicted molar refractivity (Wildman–Crippen MR) is 69.5 cm³/mol. The highest BCUT2D eigenvalue weighted by Gasteiger charge is 2.33. The Morgan fingerprint density at radius 3 is 2.41 bits per heavy atom. The summed E-state index contributed by atoms with van der Waals surface area (Å²) in [6.07, 6.45) is 4.13. The van der Waals surface area contributed by atoms with Crippen LogP contribution in [0.1, 0.15) is 60.3 Å². The molecule has 0 saturated carbocycles. The van der Waals surface area contributed by atoms with E-state index < -0.39 is 12.3 Å². The molecule has 0 rings (SSSR count). The summed E-state index contributed by atoms with van der Waals surface area (Å²) < 4.78 is 5.05. The van der Waals surface area contributed by atoms with E-state index in [4.69, 9.17) is 4.74 Å². The van der Waals surface area contributed by atoms with Crippen LogP contribution in [0.4, 0.5) is 0 Å². The minimum Gasteiger partial charge on any atom is -0.432 e. The Balaban J connectivity index is 4.48. The van der Waals surface area contributed by atoms with Gasteiger partial charge in [-0.3, -0.25) is 0 Å². The molecular formula is C14H26O3. The molecule has 0 bridgehead atoms. The first-order valence-corrected chi connectivity index (χ1v) is 6.39. The summed E-state index contributed by atoms with van der Waals surface area (Å²) >= 11 is 0. The van der Waals surface area contributed by atoms with Gasteiger partial charge in [0, 0.05) is 11.5 Å². The number of hydrogen-bond acceptors (Lipinski definition) is 3. The van der Waals surface area contributed by atoms with Crippen LogP contribution in [-0.4, -0.2) is 17.4 Å². The fourth-order valence-corrected chi connectivity index (χ4v) is 1.58. The van der Waals surface area contributed by atoms with Gasteiger partial charge in [-0.1, -0.05) is 39.2 Å². The molecule has 3 heteroatoms. The van der Waals surface area contributed by atoms with Crippen molar-refractivity contribution in [2.75, 3.05) is 0 Å². The molecule has 1 N–H and O–H groups in total. The van der Waals surface area contributed by atoms with Crippen molar-refractivity contribution in [1.29, 1.82) is 0 Å². The van der Waals surface area contributed by atoms with Crippen molar-refractivity contribution < 1.29 is 14.6 Å². The maximum atomic E-state index is 11.4. The summed E-state index contributed by atoms with van der Waals surface area (Å²) in [5, 5.41) is 10.0. The monoisotopic (exact) mass is 242 g/mol. The number of unbranched alkanes of at least 4 members (excludes halogenated alkanes) is 1. The molecule has 0 radical (unpaired) electrons. The molecule has 0 fully saturated rings. The van der Waals surface area contributed by atoms with Crippen LogP contribution in [0.2, 0.25) is 0 Å². The number of aliphatic hydroxyl groups excluding tert-OH is 1. The van der Waals surface area contributed by atoms with Crippen LogP contribution < -0.4 is 0 Å². The zero-order valence-corrected chi connectivity index (χ0v) is 11.7. The lowest BCUT2D eigenvalue weighted by atomic mass is 9.81. The molecule has 0 spiro atoms. The van der Waals surface area contributed by atoms with Crippen LogP contribution in [0, 0.1) is 5.41 Å². The Morgan fingerprint density at radius 1 is 1.41 bits per heavy atom. The van der Waals surface area contributed by atoms with Crippen molar-refractivity contribution in [3.63, 3.8) is 0 Å². The Hall–Kier alpha value is -0.830. The first-order chi connectivity index (χ1) is 7.85. The van der Waals surface area contributed by atoms with Crippen LogP contribution in [0.5, 0.6) is 0 Å². The number of hydrogen-bond donors (Lipinski definition) is 1. The van der Waals surface area contributed by atoms with E-state index in [0.717, 1.165) is 31.3 Å². The standard InChI is InChI=1S/C14H26O3/c1-6-8-9-14(5,7-2)13(16)17-12(15)10-11(3)4/h10,13,16H,6-9H2,1-5H3. The zero-order chi connectivity index (χ0) is 13.5. The second-order valence-electron chi connectivity index (χ2n) is 5.12. The van der Waals surface area contributed by atoms with E-state index in [1.165, 1.54) is 6.08 Å².